The van der Waals surface area contributed by atoms with Crippen molar-refractivity contribution in [3.8, 4) is 0 Å². The van der Waals surface area contributed by atoms with Gasteiger partial charge in [0.15, 0.2) is 0 Å². The van der Waals surface area contributed by atoms with Crippen molar-refractivity contribution in [3.63, 3.8) is 0 Å². The standard InChI is InChI=1S/C16H22BrNO/c1-12(2)6-4-7-13(3)10-16(19)18-15-9-5-8-14(17)11-15/h5-6,8-9,11,13H,4,7,10H2,1-3H3,(H,18,19). The van der Waals surface area contributed by atoms with E-state index >= 15 is 0 Å². The van der Waals surface area contributed by atoms with Gasteiger partial charge in [-0.2, -0.15) is 0 Å². The molecule has 1 aromatic carbocycles. The first-order valence-corrected chi connectivity index (χ1v) is 7.45. The predicted octanol–water partition coefficient (Wildman–Crippen LogP) is 5.16. The van der Waals surface area contributed by atoms with Gasteiger partial charge < -0.3 is 5.32 Å². The molecule has 0 aromatic heterocycles. The van der Waals surface area contributed by atoms with E-state index in [4.69, 9.17) is 0 Å². The lowest BCUT2D eigenvalue weighted by Crippen LogP contribution is -2.15. The molecule has 19 heavy (non-hydrogen) atoms. The van der Waals surface area contributed by atoms with E-state index in [1.165, 1.54) is 5.57 Å². The molecule has 0 aliphatic carbocycles. The molecule has 0 saturated carbocycles. The number of hydrogen-bond donors (Lipinski definition) is 1. The van der Waals surface area contributed by atoms with Gasteiger partial charge in [-0.25, -0.2) is 0 Å². The lowest BCUT2D eigenvalue weighted by molar-refractivity contribution is -0.117. The van der Waals surface area contributed by atoms with E-state index in [2.05, 4.69) is 48.1 Å². The normalized spacial score (nSPS) is 11.8. The zero-order valence-corrected chi connectivity index (χ0v) is 13.5. The second kappa shape index (κ2) is 8.16. The second-order valence-electron chi connectivity index (χ2n) is 5.23. The molecular formula is C16H22BrNO. The Kier molecular flexibility index (Phi) is 6.85. The Bertz CT molecular complexity index is 450. The van der Waals surface area contributed by atoms with E-state index in [-0.39, 0.29) is 5.91 Å². The number of allylic oxidation sites excluding steroid dienone is 2. The Morgan fingerprint density at radius 2 is 2.16 bits per heavy atom. The Labute approximate surface area is 124 Å². The van der Waals surface area contributed by atoms with Crippen LogP contribution < -0.4 is 5.32 Å². The summed E-state index contributed by atoms with van der Waals surface area (Å²) in [6.45, 7) is 6.33. The summed E-state index contributed by atoms with van der Waals surface area (Å²) < 4.78 is 0.974. The number of amides is 1. The van der Waals surface area contributed by atoms with Gasteiger partial charge in [-0.05, 0) is 50.8 Å². The van der Waals surface area contributed by atoms with Gasteiger partial charge in [-0.3, -0.25) is 4.79 Å². The highest BCUT2D eigenvalue weighted by molar-refractivity contribution is 9.10. The lowest BCUT2D eigenvalue weighted by atomic mass is 10.0. The molecule has 1 N–H and O–H groups in total. The van der Waals surface area contributed by atoms with Crippen molar-refractivity contribution in [2.45, 2.75) is 40.0 Å². The summed E-state index contributed by atoms with van der Waals surface area (Å²) in [7, 11) is 0. The van der Waals surface area contributed by atoms with Gasteiger partial charge in [0.1, 0.15) is 0 Å². The average Bonchev–Trinajstić information content (AvgIpc) is 2.27. The minimum Gasteiger partial charge on any atom is -0.326 e. The average molecular weight is 324 g/mol. The molecule has 1 amide bonds. The molecular weight excluding hydrogens is 302 g/mol. The molecule has 0 spiro atoms. The van der Waals surface area contributed by atoms with Crippen LogP contribution in [0.15, 0.2) is 40.4 Å². The second-order valence-corrected chi connectivity index (χ2v) is 6.14. The van der Waals surface area contributed by atoms with E-state index in [9.17, 15) is 4.79 Å². The summed E-state index contributed by atoms with van der Waals surface area (Å²) in [5.41, 5.74) is 2.18. The van der Waals surface area contributed by atoms with Crippen molar-refractivity contribution in [1.82, 2.24) is 0 Å². The van der Waals surface area contributed by atoms with E-state index in [1.54, 1.807) is 0 Å². The molecule has 0 radical (unpaired) electrons. The van der Waals surface area contributed by atoms with Crippen LogP contribution >= 0.6 is 15.9 Å². The number of halogens is 1. The number of carbonyl (C=O) groups excluding carboxylic acids is 1. The maximum Gasteiger partial charge on any atom is 0.224 e. The van der Waals surface area contributed by atoms with Crippen molar-refractivity contribution in [3.05, 3.63) is 40.4 Å². The fourth-order valence-electron chi connectivity index (χ4n) is 1.85. The summed E-state index contributed by atoms with van der Waals surface area (Å²) >= 11 is 3.39. The summed E-state index contributed by atoms with van der Waals surface area (Å²) in [5, 5.41) is 2.93. The van der Waals surface area contributed by atoms with Crippen molar-refractivity contribution in [2.24, 2.45) is 5.92 Å². The van der Waals surface area contributed by atoms with Crippen LogP contribution in [0.3, 0.4) is 0 Å². The van der Waals surface area contributed by atoms with Crippen molar-refractivity contribution in [1.29, 1.82) is 0 Å². The highest BCUT2D eigenvalue weighted by Crippen LogP contribution is 2.17. The van der Waals surface area contributed by atoms with Crippen LogP contribution in [0.4, 0.5) is 5.69 Å². The Morgan fingerprint density at radius 1 is 1.42 bits per heavy atom. The SMILES string of the molecule is CC(C)=CCCC(C)CC(=O)Nc1cccc(Br)c1. The van der Waals surface area contributed by atoms with Gasteiger partial charge in [-0.1, -0.05) is 40.6 Å². The van der Waals surface area contributed by atoms with Gasteiger partial charge >= 0.3 is 0 Å². The zero-order valence-electron chi connectivity index (χ0n) is 11.9. The first kappa shape index (κ1) is 16.0. The summed E-state index contributed by atoms with van der Waals surface area (Å²) in [6.07, 6.45) is 4.90. The number of benzene rings is 1. The maximum absolute atomic E-state index is 11.9. The van der Waals surface area contributed by atoms with E-state index in [0.717, 1.165) is 23.0 Å². The smallest absolute Gasteiger partial charge is 0.224 e. The Balaban J connectivity index is 2.36. The highest BCUT2D eigenvalue weighted by atomic mass is 79.9. The third kappa shape index (κ3) is 7.16. The number of rotatable bonds is 6. The third-order valence-electron chi connectivity index (χ3n) is 2.85. The number of carbonyl (C=O) groups is 1. The molecule has 0 aliphatic rings. The largest absolute Gasteiger partial charge is 0.326 e. The van der Waals surface area contributed by atoms with Gasteiger partial charge in [0.2, 0.25) is 5.91 Å². The van der Waals surface area contributed by atoms with E-state index < -0.39 is 0 Å². The molecule has 1 unspecified atom stereocenters. The number of anilines is 1. The first-order chi connectivity index (χ1) is 8.97. The number of hydrogen-bond acceptors (Lipinski definition) is 1. The van der Waals surface area contributed by atoms with Crippen LogP contribution in [0.2, 0.25) is 0 Å². The van der Waals surface area contributed by atoms with Crippen LogP contribution in [0.25, 0.3) is 0 Å². The Hall–Kier alpha value is -1.09. The number of nitrogens with one attached hydrogen (secondary N) is 1. The zero-order chi connectivity index (χ0) is 14.3. The Morgan fingerprint density at radius 3 is 2.79 bits per heavy atom. The molecule has 0 aliphatic heterocycles. The first-order valence-electron chi connectivity index (χ1n) is 6.66. The van der Waals surface area contributed by atoms with Gasteiger partial charge in [0.05, 0.1) is 0 Å². The molecule has 0 bridgehead atoms. The maximum atomic E-state index is 11.9. The van der Waals surface area contributed by atoms with Gasteiger partial charge in [0, 0.05) is 16.6 Å². The van der Waals surface area contributed by atoms with Crippen molar-refractivity contribution < 1.29 is 4.79 Å². The van der Waals surface area contributed by atoms with Crippen LogP contribution in [0, 0.1) is 5.92 Å². The lowest BCUT2D eigenvalue weighted by Gasteiger charge is -2.11. The third-order valence-corrected chi connectivity index (χ3v) is 3.35. The fourth-order valence-corrected chi connectivity index (χ4v) is 2.25. The van der Waals surface area contributed by atoms with Gasteiger partial charge in [0.25, 0.3) is 0 Å². The molecule has 0 fully saturated rings. The quantitative estimate of drug-likeness (QED) is 0.720. The molecule has 1 aromatic rings. The van der Waals surface area contributed by atoms with Crippen molar-refractivity contribution in [2.75, 3.05) is 5.32 Å². The minimum atomic E-state index is 0.0859. The van der Waals surface area contributed by atoms with Gasteiger partial charge in [-0.15, -0.1) is 0 Å². The topological polar surface area (TPSA) is 29.1 Å². The fraction of sp³-hybridized carbons (Fsp3) is 0.438. The molecule has 2 nitrogen and oxygen atoms in total. The monoisotopic (exact) mass is 323 g/mol. The van der Waals surface area contributed by atoms with Crippen LogP contribution in [-0.2, 0) is 4.79 Å². The molecule has 0 heterocycles. The molecule has 104 valence electrons. The predicted molar refractivity (Wildman–Crippen MR) is 85.2 cm³/mol. The molecule has 1 rings (SSSR count). The van der Waals surface area contributed by atoms with Crippen LogP contribution in [-0.4, -0.2) is 5.91 Å². The summed E-state index contributed by atoms with van der Waals surface area (Å²) in [6, 6.07) is 7.66. The summed E-state index contributed by atoms with van der Waals surface area (Å²) in [5.74, 6) is 0.491. The molecule has 0 saturated heterocycles. The highest BCUT2D eigenvalue weighted by Gasteiger charge is 2.08. The van der Waals surface area contributed by atoms with E-state index in [0.29, 0.717) is 12.3 Å². The van der Waals surface area contributed by atoms with Crippen molar-refractivity contribution >= 4 is 27.5 Å². The van der Waals surface area contributed by atoms with Crippen LogP contribution in [0.5, 0.6) is 0 Å². The van der Waals surface area contributed by atoms with Crippen LogP contribution in [0.1, 0.15) is 40.0 Å². The molecule has 3 heteroatoms. The van der Waals surface area contributed by atoms with E-state index in [1.807, 2.05) is 24.3 Å². The summed E-state index contributed by atoms with van der Waals surface area (Å²) in [4.78, 5) is 11.9. The minimum absolute atomic E-state index is 0.0859. The molecule has 1 atom stereocenters.